The van der Waals surface area contributed by atoms with Crippen molar-refractivity contribution < 1.29 is 28.6 Å². The summed E-state index contributed by atoms with van der Waals surface area (Å²) in [6.45, 7) is 6.45. The van der Waals surface area contributed by atoms with E-state index in [0.717, 1.165) is 96.3 Å². The first-order chi connectivity index (χ1) is 29.5. The maximum atomic E-state index is 12.7. The van der Waals surface area contributed by atoms with E-state index in [1.807, 2.05) is 0 Å². The van der Waals surface area contributed by atoms with Gasteiger partial charge in [-0.1, -0.05) is 209 Å². The fourth-order valence-corrected chi connectivity index (χ4v) is 6.75. The largest absolute Gasteiger partial charge is 0.462 e. The average molecular weight is 837 g/mol. The third-order valence-corrected chi connectivity index (χ3v) is 10.5. The molecule has 1 unspecified atom stereocenters. The number of carbonyl (C=O) groups is 3. The molecular weight excluding hydrogens is 745 g/mol. The Labute approximate surface area is 370 Å². The Balaban J connectivity index is 4.44. The second-order valence-corrected chi connectivity index (χ2v) is 16.4. The van der Waals surface area contributed by atoms with Crippen LogP contribution in [-0.4, -0.2) is 37.2 Å². The zero-order valence-electron chi connectivity index (χ0n) is 39.2. The van der Waals surface area contributed by atoms with Crippen LogP contribution in [-0.2, 0) is 28.6 Å². The van der Waals surface area contributed by atoms with E-state index >= 15 is 0 Å². The Bertz CT molecular complexity index is 1140. The Morgan fingerprint density at radius 2 is 0.717 bits per heavy atom. The Morgan fingerprint density at radius 1 is 0.367 bits per heavy atom. The third-order valence-electron chi connectivity index (χ3n) is 10.5. The van der Waals surface area contributed by atoms with Crippen molar-refractivity contribution in [3.63, 3.8) is 0 Å². The van der Waals surface area contributed by atoms with Gasteiger partial charge in [0, 0.05) is 19.3 Å². The van der Waals surface area contributed by atoms with Crippen molar-refractivity contribution in [2.24, 2.45) is 0 Å². The van der Waals surface area contributed by atoms with Gasteiger partial charge in [0.05, 0.1) is 0 Å². The molecule has 0 fully saturated rings. The molecule has 0 N–H and O–H groups in total. The predicted octanol–water partition coefficient (Wildman–Crippen LogP) is 16.3. The number of hydrogen-bond donors (Lipinski definition) is 0. The van der Waals surface area contributed by atoms with Gasteiger partial charge < -0.3 is 14.2 Å². The quantitative estimate of drug-likeness (QED) is 0.0200. The lowest BCUT2D eigenvalue weighted by Crippen LogP contribution is -2.30. The minimum atomic E-state index is -0.800. The highest BCUT2D eigenvalue weighted by Gasteiger charge is 2.19. The first-order valence-electron chi connectivity index (χ1n) is 25.0. The molecule has 60 heavy (non-hydrogen) atoms. The molecule has 0 radical (unpaired) electrons. The summed E-state index contributed by atoms with van der Waals surface area (Å²) in [5.41, 5.74) is 0. The van der Waals surface area contributed by atoms with E-state index in [9.17, 15) is 14.4 Å². The molecule has 6 heteroatoms. The molecule has 0 aromatic heterocycles. The van der Waals surface area contributed by atoms with Crippen LogP contribution < -0.4 is 0 Å². The second kappa shape index (κ2) is 48.5. The van der Waals surface area contributed by atoms with Crippen LogP contribution >= 0.6 is 0 Å². The number of esters is 3. The summed E-state index contributed by atoms with van der Waals surface area (Å²) in [6.07, 6.45) is 60.3. The zero-order chi connectivity index (χ0) is 43.7. The van der Waals surface area contributed by atoms with E-state index < -0.39 is 6.10 Å². The number of unbranched alkanes of at least 4 members (excludes halogenated alkanes) is 23. The molecule has 0 amide bonds. The fourth-order valence-electron chi connectivity index (χ4n) is 6.75. The average Bonchev–Trinajstić information content (AvgIpc) is 3.24. The lowest BCUT2D eigenvalue weighted by molar-refractivity contribution is -0.167. The summed E-state index contributed by atoms with van der Waals surface area (Å²) >= 11 is 0. The fraction of sp³-hybridized carbons (Fsp3) is 0.722. The molecule has 344 valence electrons. The summed E-state index contributed by atoms with van der Waals surface area (Å²) in [7, 11) is 0. The van der Waals surface area contributed by atoms with Crippen molar-refractivity contribution in [3.8, 4) is 0 Å². The maximum absolute atomic E-state index is 12.7. The molecular formula is C54H92O6. The molecule has 0 aromatic rings. The summed E-state index contributed by atoms with van der Waals surface area (Å²) in [4.78, 5) is 37.9. The van der Waals surface area contributed by atoms with E-state index in [2.05, 4.69) is 93.7 Å². The van der Waals surface area contributed by atoms with Crippen LogP contribution in [0, 0.1) is 0 Å². The van der Waals surface area contributed by atoms with E-state index in [1.54, 1.807) is 0 Å². The van der Waals surface area contributed by atoms with Gasteiger partial charge in [-0.05, 0) is 77.0 Å². The van der Waals surface area contributed by atoms with Gasteiger partial charge >= 0.3 is 17.9 Å². The minimum Gasteiger partial charge on any atom is -0.462 e. The highest BCUT2D eigenvalue weighted by atomic mass is 16.6. The smallest absolute Gasteiger partial charge is 0.306 e. The van der Waals surface area contributed by atoms with E-state index in [-0.39, 0.29) is 37.5 Å². The standard InChI is InChI=1S/C54H92O6/c1-4-7-10-13-16-19-22-25-26-27-28-29-30-33-35-38-41-44-47-53(56)59-50-51(60-54(57)48-45-42-39-36-32-24-21-18-15-12-9-6-3)49-58-52(55)46-43-40-37-34-31-23-20-17-14-11-8-5-2/h9,12,18,21-22,25-29,32,36,51H,4-8,10-11,13-17,19-20,23-24,30-31,33-35,37-50H2,1-3H3/b12-9-,21-18-,25-22-,27-26-,29-28-,36-32-. The lowest BCUT2D eigenvalue weighted by atomic mass is 10.0. The van der Waals surface area contributed by atoms with Crippen LogP contribution in [0.1, 0.15) is 233 Å². The van der Waals surface area contributed by atoms with Crippen molar-refractivity contribution in [1.29, 1.82) is 0 Å². The molecule has 0 rings (SSSR count). The predicted molar refractivity (Wildman–Crippen MR) is 256 cm³/mol. The van der Waals surface area contributed by atoms with Crippen molar-refractivity contribution in [2.75, 3.05) is 13.2 Å². The normalized spacial score (nSPS) is 12.7. The molecule has 0 aliphatic rings. The van der Waals surface area contributed by atoms with Crippen molar-refractivity contribution in [2.45, 2.75) is 239 Å². The minimum absolute atomic E-state index is 0.0965. The van der Waals surface area contributed by atoms with Gasteiger partial charge in [-0.15, -0.1) is 0 Å². The second-order valence-electron chi connectivity index (χ2n) is 16.4. The van der Waals surface area contributed by atoms with E-state index in [1.165, 1.54) is 89.9 Å². The number of hydrogen-bond acceptors (Lipinski definition) is 6. The molecule has 6 nitrogen and oxygen atoms in total. The van der Waals surface area contributed by atoms with Gasteiger partial charge in [0.2, 0.25) is 0 Å². The van der Waals surface area contributed by atoms with E-state index in [0.29, 0.717) is 19.3 Å². The first-order valence-corrected chi connectivity index (χ1v) is 25.0. The van der Waals surface area contributed by atoms with Crippen LogP contribution in [0.3, 0.4) is 0 Å². The maximum Gasteiger partial charge on any atom is 0.306 e. The molecule has 0 spiro atoms. The van der Waals surface area contributed by atoms with Gasteiger partial charge in [0.15, 0.2) is 6.10 Å². The lowest BCUT2D eigenvalue weighted by Gasteiger charge is -2.18. The SMILES string of the molecule is CC/C=C\C/C=C\C/C=C\CCCCC(=O)OC(COC(=O)CCCCCCC\C=C/C=C\C=C/CCCCCCC)COC(=O)CCCCCCCCCCCCCC. The van der Waals surface area contributed by atoms with Crippen LogP contribution in [0.4, 0.5) is 0 Å². The monoisotopic (exact) mass is 837 g/mol. The number of ether oxygens (including phenoxy) is 3. The van der Waals surface area contributed by atoms with Crippen molar-refractivity contribution >= 4 is 17.9 Å². The van der Waals surface area contributed by atoms with Crippen molar-refractivity contribution in [1.82, 2.24) is 0 Å². The molecule has 0 aliphatic heterocycles. The van der Waals surface area contributed by atoms with Crippen LogP contribution in [0.15, 0.2) is 72.9 Å². The molecule has 0 bridgehead atoms. The Kier molecular flexibility index (Phi) is 46.0. The number of carbonyl (C=O) groups excluding carboxylic acids is 3. The first kappa shape index (κ1) is 56.9. The molecule has 0 saturated heterocycles. The third kappa shape index (κ3) is 45.9. The molecule has 0 heterocycles. The van der Waals surface area contributed by atoms with Crippen molar-refractivity contribution in [3.05, 3.63) is 72.9 Å². The van der Waals surface area contributed by atoms with Crippen LogP contribution in [0.2, 0.25) is 0 Å². The summed E-state index contributed by atoms with van der Waals surface area (Å²) in [5.74, 6) is -0.957. The van der Waals surface area contributed by atoms with Gasteiger partial charge in [-0.2, -0.15) is 0 Å². The summed E-state index contributed by atoms with van der Waals surface area (Å²) in [5, 5.41) is 0. The number of allylic oxidation sites excluding steroid dienone is 12. The topological polar surface area (TPSA) is 78.9 Å². The summed E-state index contributed by atoms with van der Waals surface area (Å²) in [6, 6.07) is 0. The van der Waals surface area contributed by atoms with Gasteiger partial charge in [-0.3, -0.25) is 14.4 Å². The Morgan fingerprint density at radius 3 is 1.18 bits per heavy atom. The van der Waals surface area contributed by atoms with E-state index in [4.69, 9.17) is 14.2 Å². The molecule has 0 aliphatic carbocycles. The van der Waals surface area contributed by atoms with Crippen LogP contribution in [0.25, 0.3) is 0 Å². The zero-order valence-corrected chi connectivity index (χ0v) is 39.2. The highest BCUT2D eigenvalue weighted by Crippen LogP contribution is 2.14. The Hall–Kier alpha value is -3.15. The van der Waals surface area contributed by atoms with Gasteiger partial charge in [0.25, 0.3) is 0 Å². The van der Waals surface area contributed by atoms with Gasteiger partial charge in [-0.25, -0.2) is 0 Å². The summed E-state index contributed by atoms with van der Waals surface area (Å²) < 4.78 is 16.7. The highest BCUT2D eigenvalue weighted by molar-refractivity contribution is 5.71. The number of rotatable bonds is 44. The van der Waals surface area contributed by atoms with Crippen LogP contribution in [0.5, 0.6) is 0 Å². The molecule has 0 saturated carbocycles. The molecule has 0 aromatic carbocycles. The van der Waals surface area contributed by atoms with Gasteiger partial charge in [0.1, 0.15) is 13.2 Å². The molecule has 1 atom stereocenters.